The summed E-state index contributed by atoms with van der Waals surface area (Å²) in [4.78, 5) is 12.2. The number of hydrogen-bond acceptors (Lipinski definition) is 1. The highest BCUT2D eigenvalue weighted by molar-refractivity contribution is 6.42. The smallest absolute Gasteiger partial charge is 0.223 e. The van der Waals surface area contributed by atoms with Gasteiger partial charge in [0.2, 0.25) is 5.91 Å². The van der Waals surface area contributed by atoms with E-state index in [1.54, 1.807) is 12.1 Å². The number of rotatable bonds is 3. The van der Waals surface area contributed by atoms with Crippen LogP contribution in [0.5, 0.6) is 0 Å². The van der Waals surface area contributed by atoms with Crippen LogP contribution >= 0.6 is 23.2 Å². The Balaban J connectivity index is 2.77. The van der Waals surface area contributed by atoms with Gasteiger partial charge in [-0.25, -0.2) is 0 Å². The SMILES string of the molecule is CC(NC(=O)C(C)C(C)(C)C)c1ccc(Cl)c(Cl)c1. The molecule has 1 rings (SSSR count). The lowest BCUT2D eigenvalue weighted by atomic mass is 9.81. The number of benzene rings is 1. The van der Waals surface area contributed by atoms with E-state index in [9.17, 15) is 4.79 Å². The first-order valence-electron chi connectivity index (χ1n) is 6.38. The summed E-state index contributed by atoms with van der Waals surface area (Å²) in [5.74, 6) is -0.0104. The van der Waals surface area contributed by atoms with E-state index in [-0.39, 0.29) is 23.3 Å². The molecule has 0 aromatic heterocycles. The Kier molecular flexibility index (Phi) is 5.28. The molecule has 0 bridgehead atoms. The zero-order valence-corrected chi connectivity index (χ0v) is 13.6. The van der Waals surface area contributed by atoms with Crippen molar-refractivity contribution in [3.63, 3.8) is 0 Å². The van der Waals surface area contributed by atoms with E-state index in [1.165, 1.54) is 0 Å². The van der Waals surface area contributed by atoms with E-state index in [1.807, 2.05) is 19.9 Å². The van der Waals surface area contributed by atoms with Crippen molar-refractivity contribution in [2.45, 2.75) is 40.7 Å². The topological polar surface area (TPSA) is 29.1 Å². The maximum absolute atomic E-state index is 12.2. The van der Waals surface area contributed by atoms with E-state index in [4.69, 9.17) is 23.2 Å². The molecule has 0 saturated heterocycles. The molecule has 106 valence electrons. The van der Waals surface area contributed by atoms with Crippen LogP contribution < -0.4 is 5.32 Å². The number of carbonyl (C=O) groups excluding carboxylic acids is 1. The zero-order valence-electron chi connectivity index (χ0n) is 12.1. The first-order valence-corrected chi connectivity index (χ1v) is 7.14. The Labute approximate surface area is 125 Å². The number of hydrogen-bond donors (Lipinski definition) is 1. The Morgan fingerprint density at radius 3 is 2.21 bits per heavy atom. The lowest BCUT2D eigenvalue weighted by molar-refractivity contribution is -0.128. The summed E-state index contributed by atoms with van der Waals surface area (Å²) < 4.78 is 0. The molecule has 1 amide bonds. The van der Waals surface area contributed by atoms with Gasteiger partial charge in [0.1, 0.15) is 0 Å². The van der Waals surface area contributed by atoms with Crippen LogP contribution in [0.3, 0.4) is 0 Å². The van der Waals surface area contributed by atoms with Gasteiger partial charge in [-0.3, -0.25) is 4.79 Å². The van der Waals surface area contributed by atoms with E-state index in [0.717, 1.165) is 5.56 Å². The highest BCUT2D eigenvalue weighted by Crippen LogP contribution is 2.28. The van der Waals surface area contributed by atoms with E-state index in [2.05, 4.69) is 26.1 Å². The fraction of sp³-hybridized carbons (Fsp3) is 0.533. The minimum atomic E-state index is -0.0907. The molecule has 2 unspecified atom stereocenters. The third-order valence-corrected chi connectivity index (χ3v) is 4.23. The third-order valence-electron chi connectivity index (χ3n) is 3.49. The summed E-state index contributed by atoms with van der Waals surface area (Å²) in [6, 6.07) is 5.32. The molecule has 0 radical (unpaired) electrons. The summed E-state index contributed by atoms with van der Waals surface area (Å²) in [5, 5.41) is 4.03. The van der Waals surface area contributed by atoms with Gasteiger partial charge in [-0.1, -0.05) is 57.0 Å². The van der Waals surface area contributed by atoms with Crippen molar-refractivity contribution in [3.8, 4) is 0 Å². The highest BCUT2D eigenvalue weighted by Gasteiger charge is 2.27. The largest absolute Gasteiger partial charge is 0.349 e. The van der Waals surface area contributed by atoms with Crippen LogP contribution in [0.15, 0.2) is 18.2 Å². The molecule has 1 aromatic rings. The van der Waals surface area contributed by atoms with Crippen molar-refractivity contribution >= 4 is 29.1 Å². The Morgan fingerprint density at radius 1 is 1.16 bits per heavy atom. The molecule has 0 aliphatic heterocycles. The van der Waals surface area contributed by atoms with E-state index < -0.39 is 0 Å². The summed E-state index contributed by atoms with van der Waals surface area (Å²) in [7, 11) is 0. The molecular formula is C15H21Cl2NO. The van der Waals surface area contributed by atoms with Crippen LogP contribution in [0, 0.1) is 11.3 Å². The van der Waals surface area contributed by atoms with Crippen LogP contribution in [-0.2, 0) is 4.79 Å². The second kappa shape index (κ2) is 6.15. The van der Waals surface area contributed by atoms with Crippen molar-refractivity contribution < 1.29 is 4.79 Å². The Hall–Kier alpha value is -0.730. The van der Waals surface area contributed by atoms with Crippen LogP contribution in [0.1, 0.15) is 46.2 Å². The van der Waals surface area contributed by atoms with Crippen LogP contribution in [0.25, 0.3) is 0 Å². The van der Waals surface area contributed by atoms with E-state index >= 15 is 0 Å². The van der Waals surface area contributed by atoms with Gasteiger partial charge in [-0.2, -0.15) is 0 Å². The molecule has 1 N–H and O–H groups in total. The van der Waals surface area contributed by atoms with Gasteiger partial charge in [-0.15, -0.1) is 0 Å². The van der Waals surface area contributed by atoms with Gasteiger partial charge in [0.15, 0.2) is 0 Å². The molecule has 4 heteroatoms. The standard InChI is InChI=1S/C15H21Cl2NO/c1-9(15(3,4)5)14(19)18-10(2)11-6-7-12(16)13(17)8-11/h6-10H,1-5H3,(H,18,19). The average molecular weight is 302 g/mol. The first-order chi connectivity index (χ1) is 8.62. The van der Waals surface area contributed by atoms with E-state index in [0.29, 0.717) is 10.0 Å². The van der Waals surface area contributed by atoms with Crippen LogP contribution in [0.4, 0.5) is 0 Å². The lowest BCUT2D eigenvalue weighted by Gasteiger charge is -2.27. The fourth-order valence-electron chi connectivity index (χ4n) is 1.60. The van der Waals surface area contributed by atoms with Crippen molar-refractivity contribution in [2.75, 3.05) is 0 Å². The van der Waals surface area contributed by atoms with Gasteiger partial charge in [-0.05, 0) is 30.0 Å². The molecule has 0 heterocycles. The molecule has 1 aromatic carbocycles. The normalized spacial score (nSPS) is 14.9. The number of halogens is 2. The lowest BCUT2D eigenvalue weighted by Crippen LogP contribution is -2.37. The number of carbonyl (C=O) groups is 1. The predicted octanol–water partition coefficient (Wildman–Crippen LogP) is 4.85. The summed E-state index contributed by atoms with van der Waals surface area (Å²) in [6.45, 7) is 10.0. The summed E-state index contributed by atoms with van der Waals surface area (Å²) in [6.07, 6.45) is 0. The van der Waals surface area contributed by atoms with Crippen LogP contribution in [0.2, 0.25) is 10.0 Å². The number of nitrogens with one attached hydrogen (secondary N) is 1. The molecule has 19 heavy (non-hydrogen) atoms. The van der Waals surface area contributed by atoms with Crippen molar-refractivity contribution in [3.05, 3.63) is 33.8 Å². The molecule has 0 aliphatic carbocycles. The van der Waals surface area contributed by atoms with Crippen molar-refractivity contribution in [2.24, 2.45) is 11.3 Å². The second-order valence-electron chi connectivity index (χ2n) is 5.99. The monoisotopic (exact) mass is 301 g/mol. The predicted molar refractivity (Wildman–Crippen MR) is 81.6 cm³/mol. The molecule has 0 aliphatic rings. The molecule has 2 nitrogen and oxygen atoms in total. The van der Waals surface area contributed by atoms with Gasteiger partial charge < -0.3 is 5.32 Å². The summed E-state index contributed by atoms with van der Waals surface area (Å²) >= 11 is 11.9. The van der Waals surface area contributed by atoms with Crippen LogP contribution in [-0.4, -0.2) is 5.91 Å². The quantitative estimate of drug-likeness (QED) is 0.849. The maximum atomic E-state index is 12.2. The molecular weight excluding hydrogens is 281 g/mol. The Morgan fingerprint density at radius 2 is 1.74 bits per heavy atom. The summed E-state index contributed by atoms with van der Waals surface area (Å²) in [5.41, 5.74) is 0.894. The average Bonchev–Trinajstić information content (AvgIpc) is 2.30. The van der Waals surface area contributed by atoms with Gasteiger partial charge in [0.05, 0.1) is 16.1 Å². The molecule has 0 saturated carbocycles. The first kappa shape index (κ1) is 16.3. The van der Waals surface area contributed by atoms with Gasteiger partial charge in [0.25, 0.3) is 0 Å². The zero-order chi connectivity index (χ0) is 14.8. The highest BCUT2D eigenvalue weighted by atomic mass is 35.5. The third kappa shape index (κ3) is 4.39. The fourth-order valence-corrected chi connectivity index (χ4v) is 1.90. The van der Waals surface area contributed by atoms with Gasteiger partial charge in [0, 0.05) is 5.92 Å². The van der Waals surface area contributed by atoms with Crippen molar-refractivity contribution in [1.82, 2.24) is 5.32 Å². The maximum Gasteiger partial charge on any atom is 0.223 e. The van der Waals surface area contributed by atoms with Gasteiger partial charge >= 0.3 is 0 Å². The second-order valence-corrected chi connectivity index (χ2v) is 6.81. The molecule has 2 atom stereocenters. The molecule has 0 spiro atoms. The Bertz CT molecular complexity index is 466. The number of amides is 1. The minimum Gasteiger partial charge on any atom is -0.349 e. The van der Waals surface area contributed by atoms with Crippen molar-refractivity contribution in [1.29, 1.82) is 0 Å². The minimum absolute atomic E-state index is 0.0473. The molecule has 0 fully saturated rings.